The van der Waals surface area contributed by atoms with Crippen molar-refractivity contribution in [2.45, 2.75) is 26.8 Å². The van der Waals surface area contributed by atoms with Crippen molar-refractivity contribution in [2.75, 3.05) is 5.32 Å². The second kappa shape index (κ2) is 5.44. The van der Waals surface area contributed by atoms with Crippen LogP contribution in [0.25, 0.3) is 0 Å². The van der Waals surface area contributed by atoms with Crippen LogP contribution < -0.4 is 5.32 Å². The Morgan fingerprint density at radius 3 is 3.00 bits per heavy atom. The Kier molecular flexibility index (Phi) is 3.72. The Balaban J connectivity index is 2.07. The van der Waals surface area contributed by atoms with E-state index in [-0.39, 0.29) is 5.91 Å². The quantitative estimate of drug-likeness (QED) is 0.897. The van der Waals surface area contributed by atoms with Gasteiger partial charge in [-0.1, -0.05) is 6.92 Å². The van der Waals surface area contributed by atoms with Crippen LogP contribution in [0.4, 0.5) is 5.82 Å². The smallest absolute Gasteiger partial charge is 0.277 e. The third-order valence-corrected chi connectivity index (χ3v) is 2.48. The van der Waals surface area contributed by atoms with Crippen LogP contribution in [0, 0.1) is 6.92 Å². The highest BCUT2D eigenvalue weighted by Gasteiger charge is 2.10. The summed E-state index contributed by atoms with van der Waals surface area (Å²) in [5.41, 5.74) is 1.46. The predicted octanol–water partition coefficient (Wildman–Crippen LogP) is 2.25. The summed E-state index contributed by atoms with van der Waals surface area (Å²) in [6.07, 6.45) is 4.46. The SMILES string of the molecule is CCCn1ccc(C(=O)Nc2cc(C)ccn2)n1. The molecular weight excluding hydrogens is 228 g/mol. The van der Waals surface area contributed by atoms with Gasteiger partial charge in [0, 0.05) is 18.9 Å². The second-order valence-corrected chi connectivity index (χ2v) is 4.14. The maximum atomic E-state index is 11.9. The molecule has 0 saturated carbocycles. The summed E-state index contributed by atoms with van der Waals surface area (Å²) in [6.45, 7) is 4.83. The molecule has 2 heterocycles. The van der Waals surface area contributed by atoms with Crippen LogP contribution in [0.3, 0.4) is 0 Å². The van der Waals surface area contributed by atoms with E-state index in [1.165, 1.54) is 0 Å². The summed E-state index contributed by atoms with van der Waals surface area (Å²) in [7, 11) is 0. The normalized spacial score (nSPS) is 10.3. The van der Waals surface area contributed by atoms with Crippen LogP contribution in [0.5, 0.6) is 0 Å². The van der Waals surface area contributed by atoms with Crippen LogP contribution in [0.15, 0.2) is 30.6 Å². The zero-order valence-electron chi connectivity index (χ0n) is 10.6. The monoisotopic (exact) mass is 244 g/mol. The number of anilines is 1. The van der Waals surface area contributed by atoms with Crippen LogP contribution >= 0.6 is 0 Å². The van der Waals surface area contributed by atoms with Gasteiger partial charge in [0.2, 0.25) is 0 Å². The van der Waals surface area contributed by atoms with E-state index in [0.717, 1.165) is 18.5 Å². The first-order valence-corrected chi connectivity index (χ1v) is 5.96. The van der Waals surface area contributed by atoms with Gasteiger partial charge in [0.05, 0.1) is 0 Å². The minimum atomic E-state index is -0.233. The molecule has 5 heteroatoms. The van der Waals surface area contributed by atoms with Crippen molar-refractivity contribution in [1.29, 1.82) is 0 Å². The fraction of sp³-hybridized carbons (Fsp3) is 0.308. The summed E-state index contributed by atoms with van der Waals surface area (Å²) in [4.78, 5) is 16.0. The summed E-state index contributed by atoms with van der Waals surface area (Å²) in [6, 6.07) is 5.41. The molecule has 18 heavy (non-hydrogen) atoms. The van der Waals surface area contributed by atoms with Crippen molar-refractivity contribution in [2.24, 2.45) is 0 Å². The molecule has 0 fully saturated rings. The average molecular weight is 244 g/mol. The van der Waals surface area contributed by atoms with Gasteiger partial charge in [-0.15, -0.1) is 0 Å². The van der Waals surface area contributed by atoms with Gasteiger partial charge in [-0.3, -0.25) is 9.48 Å². The van der Waals surface area contributed by atoms with Gasteiger partial charge < -0.3 is 5.32 Å². The molecule has 2 aromatic rings. The molecule has 0 aliphatic heterocycles. The van der Waals surface area contributed by atoms with Crippen LogP contribution in [0.2, 0.25) is 0 Å². The zero-order chi connectivity index (χ0) is 13.0. The van der Waals surface area contributed by atoms with Crippen molar-refractivity contribution < 1.29 is 4.79 Å². The first kappa shape index (κ1) is 12.3. The minimum absolute atomic E-state index is 0.233. The molecule has 0 unspecified atom stereocenters. The summed E-state index contributed by atoms with van der Waals surface area (Å²) >= 11 is 0. The van der Waals surface area contributed by atoms with E-state index in [1.807, 2.05) is 25.3 Å². The summed E-state index contributed by atoms with van der Waals surface area (Å²) in [5, 5.41) is 6.92. The molecule has 0 bridgehead atoms. The molecule has 0 aromatic carbocycles. The number of hydrogen-bond donors (Lipinski definition) is 1. The highest BCUT2D eigenvalue weighted by molar-refractivity contribution is 6.02. The number of rotatable bonds is 4. The fourth-order valence-electron chi connectivity index (χ4n) is 1.62. The van der Waals surface area contributed by atoms with Crippen molar-refractivity contribution >= 4 is 11.7 Å². The largest absolute Gasteiger partial charge is 0.305 e. The standard InChI is InChI=1S/C13H16N4O/c1-3-7-17-8-5-11(16-17)13(18)15-12-9-10(2)4-6-14-12/h4-6,8-9H,3,7H2,1-2H3,(H,14,15,18). The Morgan fingerprint density at radius 1 is 1.44 bits per heavy atom. The number of carbonyl (C=O) groups is 1. The number of aryl methyl sites for hydroxylation is 2. The molecule has 0 radical (unpaired) electrons. The molecule has 2 aromatic heterocycles. The number of pyridine rings is 1. The lowest BCUT2D eigenvalue weighted by Gasteiger charge is -2.02. The number of amides is 1. The van der Waals surface area contributed by atoms with Crippen molar-refractivity contribution in [3.05, 3.63) is 41.9 Å². The average Bonchev–Trinajstić information content (AvgIpc) is 2.78. The maximum Gasteiger partial charge on any atom is 0.277 e. The van der Waals surface area contributed by atoms with E-state index in [9.17, 15) is 4.79 Å². The Bertz CT molecular complexity index is 547. The van der Waals surface area contributed by atoms with E-state index in [4.69, 9.17) is 0 Å². The molecule has 94 valence electrons. The zero-order valence-corrected chi connectivity index (χ0v) is 10.6. The third kappa shape index (κ3) is 2.94. The number of nitrogens with zero attached hydrogens (tertiary/aromatic N) is 3. The van der Waals surface area contributed by atoms with E-state index in [1.54, 1.807) is 16.9 Å². The first-order chi connectivity index (χ1) is 8.69. The molecule has 0 aliphatic carbocycles. The van der Waals surface area contributed by atoms with Gasteiger partial charge >= 0.3 is 0 Å². The van der Waals surface area contributed by atoms with Crippen molar-refractivity contribution in [3.63, 3.8) is 0 Å². The summed E-state index contributed by atoms with van der Waals surface area (Å²) in [5.74, 6) is 0.313. The van der Waals surface area contributed by atoms with Crippen LogP contribution in [0.1, 0.15) is 29.4 Å². The number of aromatic nitrogens is 3. The van der Waals surface area contributed by atoms with Gasteiger partial charge in [0.25, 0.3) is 5.91 Å². The first-order valence-electron chi connectivity index (χ1n) is 5.96. The molecule has 1 N–H and O–H groups in total. The van der Waals surface area contributed by atoms with Crippen LogP contribution in [-0.4, -0.2) is 20.7 Å². The number of carbonyl (C=O) groups excluding carboxylic acids is 1. The third-order valence-electron chi connectivity index (χ3n) is 2.48. The molecule has 2 rings (SSSR count). The van der Waals surface area contributed by atoms with Gasteiger partial charge in [-0.05, 0) is 37.1 Å². The van der Waals surface area contributed by atoms with Crippen molar-refractivity contribution in [1.82, 2.24) is 14.8 Å². The molecule has 0 aliphatic rings. The Morgan fingerprint density at radius 2 is 2.28 bits per heavy atom. The summed E-state index contributed by atoms with van der Waals surface area (Å²) < 4.78 is 1.76. The number of nitrogens with one attached hydrogen (secondary N) is 1. The molecule has 0 saturated heterocycles. The van der Waals surface area contributed by atoms with E-state index < -0.39 is 0 Å². The van der Waals surface area contributed by atoms with Crippen molar-refractivity contribution in [3.8, 4) is 0 Å². The molecule has 1 amide bonds. The Hall–Kier alpha value is -2.17. The van der Waals surface area contributed by atoms with Gasteiger partial charge in [-0.2, -0.15) is 5.10 Å². The topological polar surface area (TPSA) is 59.8 Å². The predicted molar refractivity (Wildman–Crippen MR) is 69.4 cm³/mol. The lowest BCUT2D eigenvalue weighted by Crippen LogP contribution is -2.14. The molecule has 5 nitrogen and oxygen atoms in total. The van der Waals surface area contributed by atoms with Gasteiger partial charge in [0.15, 0.2) is 5.69 Å². The van der Waals surface area contributed by atoms with Gasteiger partial charge in [-0.25, -0.2) is 4.98 Å². The van der Waals surface area contributed by atoms with Gasteiger partial charge in [0.1, 0.15) is 5.82 Å². The second-order valence-electron chi connectivity index (χ2n) is 4.14. The highest BCUT2D eigenvalue weighted by atomic mass is 16.2. The van der Waals surface area contributed by atoms with E-state index >= 15 is 0 Å². The number of hydrogen-bond acceptors (Lipinski definition) is 3. The fourth-order valence-corrected chi connectivity index (χ4v) is 1.62. The van der Waals surface area contributed by atoms with Crippen LogP contribution in [-0.2, 0) is 6.54 Å². The highest BCUT2D eigenvalue weighted by Crippen LogP contribution is 2.07. The van der Waals surface area contributed by atoms with E-state index in [0.29, 0.717) is 11.5 Å². The maximum absolute atomic E-state index is 11.9. The lowest BCUT2D eigenvalue weighted by atomic mass is 10.3. The Labute approximate surface area is 106 Å². The minimum Gasteiger partial charge on any atom is -0.305 e. The molecular formula is C13H16N4O. The molecule has 0 spiro atoms. The lowest BCUT2D eigenvalue weighted by molar-refractivity contribution is 0.102. The van der Waals surface area contributed by atoms with E-state index in [2.05, 4.69) is 22.3 Å². The molecule has 0 atom stereocenters.